The predicted octanol–water partition coefficient (Wildman–Crippen LogP) is 3.95. The normalized spacial score (nSPS) is 11.1. The molecule has 1 rings (SSSR count). The highest BCUT2D eigenvalue weighted by Crippen LogP contribution is 2.24. The molecule has 0 amide bonds. The minimum Gasteiger partial charge on any atom is -0.465 e. The van der Waals surface area contributed by atoms with E-state index in [1.807, 2.05) is 58.0 Å². The van der Waals surface area contributed by atoms with E-state index in [1.54, 1.807) is 0 Å². The summed E-state index contributed by atoms with van der Waals surface area (Å²) in [5, 5.41) is 0. The Hall–Kier alpha value is -1.84. The van der Waals surface area contributed by atoms with Gasteiger partial charge in [0.15, 0.2) is 0 Å². The van der Waals surface area contributed by atoms with E-state index >= 15 is 0 Å². The van der Waals surface area contributed by atoms with Crippen LogP contribution in [0.5, 0.6) is 0 Å². The molecule has 0 radical (unpaired) electrons. The lowest BCUT2D eigenvalue weighted by atomic mass is 9.92. The highest BCUT2D eigenvalue weighted by Gasteiger charge is 2.21. The Morgan fingerprint density at radius 2 is 1.26 bits per heavy atom. The van der Waals surface area contributed by atoms with E-state index in [2.05, 4.69) is 0 Å². The van der Waals surface area contributed by atoms with Gasteiger partial charge in [0.05, 0.1) is 26.1 Å². The summed E-state index contributed by atoms with van der Waals surface area (Å²) in [5.41, 5.74) is 0.954. The fourth-order valence-corrected chi connectivity index (χ4v) is 2.07. The summed E-state index contributed by atoms with van der Waals surface area (Å²) in [6, 6.07) is 9.57. The number of rotatable bonds is 9. The molecule has 0 aliphatic carbocycles. The van der Waals surface area contributed by atoms with Crippen molar-refractivity contribution >= 4 is 11.9 Å². The lowest BCUT2D eigenvalue weighted by Crippen LogP contribution is -2.18. The molecule has 0 spiro atoms. The molecule has 23 heavy (non-hydrogen) atoms. The Morgan fingerprint density at radius 3 is 1.65 bits per heavy atom. The summed E-state index contributed by atoms with van der Waals surface area (Å²) >= 11 is 0. The molecule has 0 saturated heterocycles. The molecule has 0 aromatic heterocycles. The van der Waals surface area contributed by atoms with Crippen LogP contribution in [0.25, 0.3) is 0 Å². The first kappa shape index (κ1) is 19.2. The predicted molar refractivity (Wildman–Crippen MR) is 90.0 cm³/mol. The summed E-state index contributed by atoms with van der Waals surface area (Å²) < 4.78 is 10.5. The van der Waals surface area contributed by atoms with Crippen molar-refractivity contribution in [3.63, 3.8) is 0 Å². The first-order chi connectivity index (χ1) is 10.9. The average molecular weight is 320 g/mol. The van der Waals surface area contributed by atoms with E-state index in [4.69, 9.17) is 9.47 Å². The van der Waals surface area contributed by atoms with Gasteiger partial charge < -0.3 is 9.47 Å². The second-order valence-corrected chi connectivity index (χ2v) is 6.67. The third-order valence-corrected chi connectivity index (χ3v) is 3.25. The van der Waals surface area contributed by atoms with Crippen LogP contribution in [-0.2, 0) is 19.1 Å². The fraction of sp³-hybridized carbons (Fsp3) is 0.579. The number of hydrogen-bond acceptors (Lipinski definition) is 4. The molecular formula is C19H28O4. The van der Waals surface area contributed by atoms with Crippen molar-refractivity contribution in [1.29, 1.82) is 0 Å². The number of carbonyl (C=O) groups excluding carboxylic acids is 2. The van der Waals surface area contributed by atoms with Gasteiger partial charge >= 0.3 is 11.9 Å². The van der Waals surface area contributed by atoms with E-state index in [0.717, 1.165) is 5.56 Å². The molecule has 4 nitrogen and oxygen atoms in total. The molecule has 0 heterocycles. The van der Waals surface area contributed by atoms with Gasteiger partial charge in [0.25, 0.3) is 0 Å². The molecule has 0 fully saturated rings. The quantitative estimate of drug-likeness (QED) is 0.647. The number of hydrogen-bond donors (Lipinski definition) is 0. The van der Waals surface area contributed by atoms with Crippen LogP contribution in [0, 0.1) is 11.8 Å². The molecule has 0 unspecified atom stereocenters. The van der Waals surface area contributed by atoms with Crippen LogP contribution >= 0.6 is 0 Å². The molecule has 0 bridgehead atoms. The maximum Gasteiger partial charge on any atom is 0.306 e. The van der Waals surface area contributed by atoms with Gasteiger partial charge in [-0.25, -0.2) is 0 Å². The van der Waals surface area contributed by atoms with Gasteiger partial charge in [0.2, 0.25) is 0 Å². The van der Waals surface area contributed by atoms with Crippen molar-refractivity contribution in [3.05, 3.63) is 35.9 Å². The number of ether oxygens (including phenoxy) is 2. The second-order valence-electron chi connectivity index (χ2n) is 6.67. The summed E-state index contributed by atoms with van der Waals surface area (Å²) in [7, 11) is 0. The van der Waals surface area contributed by atoms with Crippen LogP contribution in [-0.4, -0.2) is 25.2 Å². The maximum absolute atomic E-state index is 12.0. The van der Waals surface area contributed by atoms with Crippen LogP contribution in [0.2, 0.25) is 0 Å². The Morgan fingerprint density at radius 1 is 0.826 bits per heavy atom. The Balaban J connectivity index is 2.66. The molecular weight excluding hydrogens is 292 g/mol. The topological polar surface area (TPSA) is 52.6 Å². The molecule has 0 aliphatic heterocycles. The summed E-state index contributed by atoms with van der Waals surface area (Å²) in [6.45, 7) is 8.77. The summed E-state index contributed by atoms with van der Waals surface area (Å²) in [5.74, 6) is -0.167. The molecule has 4 heteroatoms. The number of benzene rings is 1. The second kappa shape index (κ2) is 10.0. The van der Waals surface area contributed by atoms with Crippen molar-refractivity contribution < 1.29 is 19.1 Å². The number of esters is 2. The van der Waals surface area contributed by atoms with Crippen molar-refractivity contribution in [3.8, 4) is 0 Å². The average Bonchev–Trinajstić information content (AvgIpc) is 2.51. The molecule has 1 aromatic carbocycles. The van der Waals surface area contributed by atoms with Crippen LogP contribution in [0.4, 0.5) is 0 Å². The zero-order chi connectivity index (χ0) is 17.2. The standard InChI is InChI=1S/C19H28O4/c1-14(2)12-22-18(20)10-17(16-8-6-5-7-9-16)11-19(21)23-13-15(3)4/h5-9,14-15,17H,10-13H2,1-4H3. The maximum atomic E-state index is 12.0. The minimum absolute atomic E-state index is 0.188. The Bertz CT molecular complexity index is 453. The van der Waals surface area contributed by atoms with E-state index < -0.39 is 0 Å². The molecule has 0 N–H and O–H groups in total. The molecule has 128 valence electrons. The minimum atomic E-state index is -0.274. The van der Waals surface area contributed by atoms with Gasteiger partial charge in [-0.2, -0.15) is 0 Å². The fourth-order valence-electron chi connectivity index (χ4n) is 2.07. The van der Waals surface area contributed by atoms with Crippen molar-refractivity contribution in [2.75, 3.05) is 13.2 Å². The first-order valence-corrected chi connectivity index (χ1v) is 8.24. The van der Waals surface area contributed by atoms with E-state index in [0.29, 0.717) is 25.0 Å². The van der Waals surface area contributed by atoms with Crippen molar-refractivity contribution in [2.24, 2.45) is 11.8 Å². The van der Waals surface area contributed by atoms with E-state index in [-0.39, 0.29) is 30.7 Å². The van der Waals surface area contributed by atoms with Crippen LogP contribution in [0.15, 0.2) is 30.3 Å². The highest BCUT2D eigenvalue weighted by molar-refractivity contribution is 5.74. The van der Waals surface area contributed by atoms with Crippen LogP contribution < -0.4 is 0 Å². The lowest BCUT2D eigenvalue weighted by molar-refractivity contribution is -0.147. The summed E-state index contributed by atoms with van der Waals surface area (Å²) in [6.07, 6.45) is 0.376. The van der Waals surface area contributed by atoms with E-state index in [1.165, 1.54) is 0 Å². The van der Waals surface area contributed by atoms with Crippen molar-refractivity contribution in [1.82, 2.24) is 0 Å². The lowest BCUT2D eigenvalue weighted by Gasteiger charge is -2.17. The Kier molecular flexibility index (Phi) is 8.38. The van der Waals surface area contributed by atoms with E-state index in [9.17, 15) is 9.59 Å². The van der Waals surface area contributed by atoms with Gasteiger partial charge in [-0.15, -0.1) is 0 Å². The van der Waals surface area contributed by atoms with Crippen LogP contribution in [0.1, 0.15) is 52.0 Å². The van der Waals surface area contributed by atoms with Crippen molar-refractivity contribution in [2.45, 2.75) is 46.5 Å². The third kappa shape index (κ3) is 8.38. The number of carbonyl (C=O) groups is 2. The van der Waals surface area contributed by atoms with Gasteiger partial charge in [-0.3, -0.25) is 9.59 Å². The van der Waals surface area contributed by atoms with Gasteiger partial charge in [0.1, 0.15) is 0 Å². The van der Waals surface area contributed by atoms with Gasteiger partial charge in [-0.05, 0) is 17.4 Å². The van der Waals surface area contributed by atoms with Gasteiger partial charge in [-0.1, -0.05) is 58.0 Å². The smallest absolute Gasteiger partial charge is 0.306 e. The zero-order valence-electron chi connectivity index (χ0n) is 14.6. The SMILES string of the molecule is CC(C)COC(=O)CC(CC(=O)OCC(C)C)c1ccccc1. The molecule has 1 aromatic rings. The molecule has 0 saturated carbocycles. The third-order valence-electron chi connectivity index (χ3n) is 3.25. The van der Waals surface area contributed by atoms with Crippen LogP contribution in [0.3, 0.4) is 0 Å². The molecule has 0 atom stereocenters. The zero-order valence-corrected chi connectivity index (χ0v) is 14.6. The highest BCUT2D eigenvalue weighted by atomic mass is 16.5. The monoisotopic (exact) mass is 320 g/mol. The molecule has 0 aliphatic rings. The largest absolute Gasteiger partial charge is 0.465 e. The first-order valence-electron chi connectivity index (χ1n) is 8.24. The summed E-state index contributed by atoms with van der Waals surface area (Å²) in [4.78, 5) is 24.0. The Labute approximate surface area is 139 Å². The van der Waals surface area contributed by atoms with Gasteiger partial charge in [0, 0.05) is 5.92 Å².